The zero-order valence-corrected chi connectivity index (χ0v) is 11.4. The first-order valence-corrected chi connectivity index (χ1v) is 6.41. The van der Waals surface area contributed by atoms with E-state index < -0.39 is 0 Å². The maximum Gasteiger partial charge on any atom is 0.336 e. The first kappa shape index (κ1) is 15.3. The second-order valence-corrected chi connectivity index (χ2v) is 3.77. The first-order valence-electron chi connectivity index (χ1n) is 6.41. The minimum atomic E-state index is -0.330. The monoisotopic (exact) mass is 264 g/mol. The maximum atomic E-state index is 10.8. The fourth-order valence-electron chi connectivity index (χ4n) is 1.18. The van der Waals surface area contributed by atoms with Crippen molar-refractivity contribution >= 4 is 5.97 Å². The molecule has 0 aromatic rings. The van der Waals surface area contributed by atoms with Crippen LogP contribution in [0.4, 0.5) is 0 Å². The smallest absolute Gasteiger partial charge is 0.336 e. The van der Waals surface area contributed by atoms with Crippen LogP contribution in [0.25, 0.3) is 0 Å². The van der Waals surface area contributed by atoms with Crippen molar-refractivity contribution < 1.29 is 9.53 Å². The summed E-state index contributed by atoms with van der Waals surface area (Å²) < 4.78 is 4.85. The summed E-state index contributed by atoms with van der Waals surface area (Å²) in [5, 5.41) is 0. The van der Waals surface area contributed by atoms with Crippen molar-refractivity contribution in [2.45, 2.75) is 19.8 Å². The highest BCUT2D eigenvalue weighted by Crippen LogP contribution is 2.08. The third-order valence-electron chi connectivity index (χ3n) is 2.08. The molecule has 100 valence electrons. The number of esters is 1. The lowest BCUT2D eigenvalue weighted by atomic mass is 10.3. The molecule has 0 aromatic heterocycles. The van der Waals surface area contributed by atoms with Crippen LogP contribution in [-0.4, -0.2) is 5.97 Å². The third kappa shape index (κ3) is 7.58. The molecule has 0 N–H and O–H groups in total. The number of unbranched alkanes of at least 4 members (excludes halogenated alkanes) is 1. The predicted octanol–water partition coefficient (Wildman–Crippen LogP) is 3.46. The van der Waals surface area contributed by atoms with Crippen molar-refractivity contribution in [2.75, 3.05) is 0 Å². The fraction of sp³-hybridized carbons (Fsp3) is 0.167. The molecule has 0 fully saturated rings. The van der Waals surface area contributed by atoms with E-state index in [0.717, 1.165) is 12.8 Å². The van der Waals surface area contributed by atoms with Crippen LogP contribution in [0.3, 0.4) is 0 Å². The number of allylic oxidation sites excluding steroid dienone is 8. The summed E-state index contributed by atoms with van der Waals surface area (Å²) >= 11 is 0. The number of rotatable bonds is 4. The number of cyclic esters (lactones) is 1. The van der Waals surface area contributed by atoms with Gasteiger partial charge in [-0.2, -0.15) is 0 Å². The Kier molecular flexibility index (Phi) is 7.85. The van der Waals surface area contributed by atoms with Crippen LogP contribution >= 0.6 is 0 Å². The number of carbonyl (C=O) groups excluding carboxylic acids is 1. The summed E-state index contributed by atoms with van der Waals surface area (Å²) in [4.78, 5) is 10.8. The zero-order valence-electron chi connectivity index (χ0n) is 11.4. The van der Waals surface area contributed by atoms with Crippen molar-refractivity contribution in [3.8, 4) is 23.7 Å². The quantitative estimate of drug-likeness (QED) is 0.441. The molecular weight excluding hydrogens is 248 g/mol. The number of hydrogen-bond acceptors (Lipinski definition) is 2. The topological polar surface area (TPSA) is 26.3 Å². The summed E-state index contributed by atoms with van der Waals surface area (Å²) in [5.74, 6) is 11.5. The molecule has 0 unspecified atom stereocenters. The highest BCUT2D eigenvalue weighted by Gasteiger charge is 2.06. The van der Waals surface area contributed by atoms with Crippen LogP contribution in [0.2, 0.25) is 0 Å². The van der Waals surface area contributed by atoms with Gasteiger partial charge in [0.15, 0.2) is 0 Å². The van der Waals surface area contributed by atoms with Crippen molar-refractivity contribution in [3.63, 3.8) is 0 Å². The molecule has 0 aliphatic carbocycles. The highest BCUT2D eigenvalue weighted by molar-refractivity contribution is 5.86. The van der Waals surface area contributed by atoms with E-state index in [-0.39, 0.29) is 5.97 Å². The minimum absolute atomic E-state index is 0.330. The molecule has 0 saturated heterocycles. The average Bonchev–Trinajstić information content (AvgIpc) is 2.86. The van der Waals surface area contributed by atoms with E-state index in [0.29, 0.717) is 5.76 Å². The average molecular weight is 264 g/mol. The van der Waals surface area contributed by atoms with Crippen LogP contribution in [0, 0.1) is 23.7 Å². The lowest BCUT2D eigenvalue weighted by Gasteiger charge is -1.90. The molecule has 0 aromatic carbocycles. The summed E-state index contributed by atoms with van der Waals surface area (Å²) in [7, 11) is 0. The van der Waals surface area contributed by atoms with E-state index in [1.807, 2.05) is 24.3 Å². The Morgan fingerprint density at radius 2 is 1.90 bits per heavy atom. The fourth-order valence-corrected chi connectivity index (χ4v) is 1.18. The predicted molar refractivity (Wildman–Crippen MR) is 81.2 cm³/mol. The van der Waals surface area contributed by atoms with Crippen LogP contribution < -0.4 is 0 Å². The summed E-state index contributed by atoms with van der Waals surface area (Å²) in [6, 6.07) is 0. The molecule has 1 aliphatic rings. The SMILES string of the molecule is CCCC#CC#C/C=C/C=C/C=C/C=C1/C=CC(=O)O1. The lowest BCUT2D eigenvalue weighted by Crippen LogP contribution is -1.89. The largest absolute Gasteiger partial charge is 0.423 e. The van der Waals surface area contributed by atoms with Crippen LogP contribution in [0.1, 0.15) is 19.8 Å². The van der Waals surface area contributed by atoms with Gasteiger partial charge in [-0.15, -0.1) is 0 Å². The van der Waals surface area contributed by atoms with E-state index in [1.54, 1.807) is 24.3 Å². The molecular formula is C18H16O2. The number of hydrogen-bond donors (Lipinski definition) is 0. The Morgan fingerprint density at radius 1 is 1.10 bits per heavy atom. The van der Waals surface area contributed by atoms with Gasteiger partial charge in [-0.05, 0) is 36.5 Å². The molecule has 1 heterocycles. The highest BCUT2D eigenvalue weighted by atomic mass is 16.5. The molecule has 0 saturated carbocycles. The van der Waals surface area contributed by atoms with E-state index in [9.17, 15) is 4.79 Å². The molecule has 2 nitrogen and oxygen atoms in total. The summed E-state index contributed by atoms with van der Waals surface area (Å²) in [6.07, 6.45) is 17.6. The molecule has 1 aliphatic heterocycles. The first-order chi connectivity index (χ1) is 9.83. The molecule has 0 atom stereocenters. The molecule has 0 amide bonds. The van der Waals surface area contributed by atoms with Gasteiger partial charge in [0.1, 0.15) is 5.76 Å². The van der Waals surface area contributed by atoms with E-state index in [1.165, 1.54) is 6.08 Å². The normalized spacial score (nSPS) is 15.7. The molecule has 2 heteroatoms. The van der Waals surface area contributed by atoms with Gasteiger partial charge in [0.05, 0.1) is 0 Å². The van der Waals surface area contributed by atoms with Crippen LogP contribution in [0.15, 0.2) is 60.4 Å². The van der Waals surface area contributed by atoms with Crippen molar-refractivity contribution in [1.29, 1.82) is 0 Å². The van der Waals surface area contributed by atoms with Gasteiger partial charge < -0.3 is 4.74 Å². The Hall–Kier alpha value is -2.71. The third-order valence-corrected chi connectivity index (χ3v) is 2.08. The lowest BCUT2D eigenvalue weighted by molar-refractivity contribution is -0.132. The Labute approximate surface area is 120 Å². The van der Waals surface area contributed by atoms with Gasteiger partial charge in [0, 0.05) is 12.5 Å². The zero-order chi connectivity index (χ0) is 14.5. The standard InChI is InChI=1S/C18H16O2/c1-2-3-4-5-6-7-8-9-10-11-12-13-14-17-15-16-18(19)20-17/h8-16H,2-3H2,1H3/b9-8+,11-10+,13-12+,17-14-. The summed E-state index contributed by atoms with van der Waals surface area (Å²) in [6.45, 7) is 2.09. The van der Waals surface area contributed by atoms with E-state index in [4.69, 9.17) is 4.74 Å². The summed E-state index contributed by atoms with van der Waals surface area (Å²) in [5.41, 5.74) is 0. The molecule has 20 heavy (non-hydrogen) atoms. The second-order valence-electron chi connectivity index (χ2n) is 3.77. The van der Waals surface area contributed by atoms with Gasteiger partial charge in [-0.1, -0.05) is 49.1 Å². The van der Waals surface area contributed by atoms with E-state index >= 15 is 0 Å². The van der Waals surface area contributed by atoms with Crippen LogP contribution in [-0.2, 0) is 9.53 Å². The Balaban J connectivity index is 2.27. The Bertz CT molecular complexity index is 591. The number of carbonyl (C=O) groups is 1. The minimum Gasteiger partial charge on any atom is -0.423 e. The van der Waals surface area contributed by atoms with Gasteiger partial charge in [-0.25, -0.2) is 4.79 Å². The van der Waals surface area contributed by atoms with Gasteiger partial charge in [-0.3, -0.25) is 0 Å². The van der Waals surface area contributed by atoms with Gasteiger partial charge in [0.25, 0.3) is 0 Å². The van der Waals surface area contributed by atoms with Crippen LogP contribution in [0.5, 0.6) is 0 Å². The molecule has 0 bridgehead atoms. The maximum absolute atomic E-state index is 10.8. The van der Waals surface area contributed by atoms with Gasteiger partial charge >= 0.3 is 5.97 Å². The van der Waals surface area contributed by atoms with Crippen molar-refractivity contribution in [3.05, 3.63) is 60.4 Å². The van der Waals surface area contributed by atoms with Crippen molar-refractivity contribution in [1.82, 2.24) is 0 Å². The Morgan fingerprint density at radius 3 is 2.65 bits per heavy atom. The van der Waals surface area contributed by atoms with E-state index in [2.05, 4.69) is 30.6 Å². The van der Waals surface area contributed by atoms with Gasteiger partial charge in [0.2, 0.25) is 0 Å². The van der Waals surface area contributed by atoms with Crippen molar-refractivity contribution in [2.24, 2.45) is 0 Å². The number of ether oxygens (including phenoxy) is 1. The second kappa shape index (κ2) is 10.2. The molecule has 0 spiro atoms. The molecule has 1 rings (SSSR count). The molecule has 0 radical (unpaired) electrons.